The summed E-state index contributed by atoms with van der Waals surface area (Å²) in [6.07, 6.45) is 3.85. The fourth-order valence-corrected chi connectivity index (χ4v) is 2.83. The average molecular weight is 313 g/mol. The first kappa shape index (κ1) is 15.1. The second-order valence-corrected chi connectivity index (χ2v) is 5.42. The van der Waals surface area contributed by atoms with Gasteiger partial charge in [0.25, 0.3) is 5.91 Å². The Kier molecular flexibility index (Phi) is 4.06. The van der Waals surface area contributed by atoms with Crippen molar-refractivity contribution in [2.24, 2.45) is 0 Å². The zero-order valence-electron chi connectivity index (χ0n) is 13.2. The second kappa shape index (κ2) is 6.16. The summed E-state index contributed by atoms with van der Waals surface area (Å²) >= 11 is 0. The van der Waals surface area contributed by atoms with Gasteiger partial charge in [-0.1, -0.05) is 0 Å². The summed E-state index contributed by atoms with van der Waals surface area (Å²) in [7, 11) is 3.22. The second-order valence-electron chi connectivity index (χ2n) is 5.42. The number of carbonyl (C=O) groups excluding carboxylic acids is 1. The monoisotopic (exact) mass is 313 g/mol. The zero-order chi connectivity index (χ0) is 16.4. The van der Waals surface area contributed by atoms with Crippen molar-refractivity contribution in [1.82, 2.24) is 9.88 Å². The van der Waals surface area contributed by atoms with E-state index in [0.29, 0.717) is 35.8 Å². The van der Waals surface area contributed by atoms with Crippen molar-refractivity contribution in [3.05, 3.63) is 47.3 Å². The number of anilines is 1. The van der Waals surface area contributed by atoms with E-state index in [0.717, 1.165) is 12.0 Å². The van der Waals surface area contributed by atoms with Crippen molar-refractivity contribution in [2.75, 3.05) is 26.5 Å². The minimum absolute atomic E-state index is 0.0784. The van der Waals surface area contributed by atoms with Gasteiger partial charge in [-0.25, -0.2) is 0 Å². The molecule has 0 unspecified atom stereocenters. The molecule has 0 bridgehead atoms. The smallest absolute Gasteiger partial charge is 0.256 e. The Morgan fingerprint density at radius 1 is 1.22 bits per heavy atom. The standard InChI is InChI=1S/C17H19N3O3/c1-22-15-7-11-4-6-20(10-12(11)8-16(15)23-2)17(21)13-3-5-19-9-14(13)18/h3,5,7-9H,4,6,10,18H2,1-2H3. The quantitative estimate of drug-likeness (QED) is 0.936. The number of hydrogen-bond acceptors (Lipinski definition) is 5. The molecular formula is C17H19N3O3. The summed E-state index contributed by atoms with van der Waals surface area (Å²) in [6.45, 7) is 1.17. The fourth-order valence-electron chi connectivity index (χ4n) is 2.83. The van der Waals surface area contributed by atoms with Gasteiger partial charge in [0.05, 0.1) is 31.7 Å². The van der Waals surface area contributed by atoms with Crippen molar-refractivity contribution < 1.29 is 14.3 Å². The number of pyridine rings is 1. The summed E-state index contributed by atoms with van der Waals surface area (Å²) < 4.78 is 10.7. The molecule has 0 saturated heterocycles. The maximum absolute atomic E-state index is 12.7. The molecule has 6 nitrogen and oxygen atoms in total. The number of amides is 1. The number of ether oxygens (including phenoxy) is 2. The molecule has 6 heteroatoms. The van der Waals surface area contributed by atoms with Gasteiger partial charge in [-0.15, -0.1) is 0 Å². The molecule has 1 aliphatic heterocycles. The molecule has 3 rings (SSSR count). The van der Waals surface area contributed by atoms with Crippen molar-refractivity contribution in [3.8, 4) is 11.5 Å². The molecule has 2 heterocycles. The van der Waals surface area contributed by atoms with Crippen LogP contribution in [0.4, 0.5) is 5.69 Å². The van der Waals surface area contributed by atoms with Crippen molar-refractivity contribution in [2.45, 2.75) is 13.0 Å². The molecule has 2 aromatic rings. The zero-order valence-corrected chi connectivity index (χ0v) is 13.2. The van der Waals surface area contributed by atoms with Gasteiger partial charge in [0, 0.05) is 19.3 Å². The minimum Gasteiger partial charge on any atom is -0.493 e. The molecule has 1 aliphatic rings. The number of carbonyl (C=O) groups is 1. The maximum atomic E-state index is 12.7. The summed E-state index contributed by atoms with van der Waals surface area (Å²) in [5.74, 6) is 1.30. The molecule has 120 valence electrons. The van der Waals surface area contributed by atoms with E-state index in [2.05, 4.69) is 4.98 Å². The normalized spacial score (nSPS) is 13.4. The van der Waals surface area contributed by atoms with E-state index in [1.165, 1.54) is 11.8 Å². The van der Waals surface area contributed by atoms with Crippen LogP contribution in [0.1, 0.15) is 21.5 Å². The third-order valence-electron chi connectivity index (χ3n) is 4.09. The van der Waals surface area contributed by atoms with Gasteiger partial charge < -0.3 is 20.1 Å². The first-order valence-electron chi connectivity index (χ1n) is 7.36. The SMILES string of the molecule is COc1cc2c(cc1OC)CN(C(=O)c1ccncc1N)CC2. The number of fused-ring (bicyclic) bond motifs is 1. The lowest BCUT2D eigenvalue weighted by atomic mass is 9.98. The van der Waals surface area contributed by atoms with Gasteiger partial charge in [0.1, 0.15) is 0 Å². The molecule has 0 radical (unpaired) electrons. The van der Waals surface area contributed by atoms with Gasteiger partial charge in [0.15, 0.2) is 11.5 Å². The van der Waals surface area contributed by atoms with E-state index in [1.54, 1.807) is 31.4 Å². The number of nitrogen functional groups attached to an aromatic ring is 1. The van der Waals surface area contributed by atoms with Gasteiger partial charge >= 0.3 is 0 Å². The molecular weight excluding hydrogens is 294 g/mol. The third-order valence-corrected chi connectivity index (χ3v) is 4.09. The topological polar surface area (TPSA) is 77.7 Å². The van der Waals surface area contributed by atoms with Gasteiger partial charge in [-0.2, -0.15) is 0 Å². The Labute approximate surface area is 134 Å². The minimum atomic E-state index is -0.0784. The lowest BCUT2D eigenvalue weighted by Crippen LogP contribution is -2.36. The number of rotatable bonds is 3. The van der Waals surface area contributed by atoms with E-state index in [4.69, 9.17) is 15.2 Å². The first-order chi connectivity index (χ1) is 11.1. The molecule has 0 atom stereocenters. The van der Waals surface area contributed by atoms with Crippen molar-refractivity contribution in [3.63, 3.8) is 0 Å². The molecule has 0 saturated carbocycles. The van der Waals surface area contributed by atoms with Crippen LogP contribution in [0.2, 0.25) is 0 Å². The predicted molar refractivity (Wildman–Crippen MR) is 86.6 cm³/mol. The summed E-state index contributed by atoms with van der Waals surface area (Å²) in [6, 6.07) is 5.57. The van der Waals surface area contributed by atoms with Crippen LogP contribution < -0.4 is 15.2 Å². The molecule has 0 spiro atoms. The van der Waals surface area contributed by atoms with Crippen LogP contribution in [0.5, 0.6) is 11.5 Å². The molecule has 1 aromatic carbocycles. The number of nitrogens with two attached hydrogens (primary N) is 1. The summed E-state index contributed by atoms with van der Waals surface area (Å²) in [5.41, 5.74) is 8.99. The van der Waals surface area contributed by atoms with E-state index in [9.17, 15) is 4.79 Å². The molecule has 0 aliphatic carbocycles. The summed E-state index contributed by atoms with van der Waals surface area (Å²) in [4.78, 5) is 18.4. The van der Waals surface area contributed by atoms with Gasteiger partial charge in [-0.3, -0.25) is 9.78 Å². The molecule has 1 aromatic heterocycles. The van der Waals surface area contributed by atoms with Crippen molar-refractivity contribution in [1.29, 1.82) is 0 Å². The van der Waals surface area contributed by atoms with Crippen LogP contribution in [-0.2, 0) is 13.0 Å². The fraction of sp³-hybridized carbons (Fsp3) is 0.294. The Bertz CT molecular complexity index is 746. The first-order valence-corrected chi connectivity index (χ1v) is 7.36. The Morgan fingerprint density at radius 3 is 2.57 bits per heavy atom. The largest absolute Gasteiger partial charge is 0.493 e. The van der Waals surface area contributed by atoms with Crippen LogP contribution >= 0.6 is 0 Å². The molecule has 23 heavy (non-hydrogen) atoms. The average Bonchev–Trinajstić information content (AvgIpc) is 2.59. The predicted octanol–water partition coefficient (Wildman–Crippen LogP) is 1.88. The van der Waals surface area contributed by atoms with E-state index < -0.39 is 0 Å². The highest BCUT2D eigenvalue weighted by Gasteiger charge is 2.24. The number of methoxy groups -OCH3 is 2. The number of benzene rings is 1. The number of nitrogens with zero attached hydrogens (tertiary/aromatic N) is 2. The number of aromatic nitrogens is 1. The Balaban J connectivity index is 1.88. The highest BCUT2D eigenvalue weighted by atomic mass is 16.5. The van der Waals surface area contributed by atoms with Crippen LogP contribution in [0.15, 0.2) is 30.6 Å². The Morgan fingerprint density at radius 2 is 1.91 bits per heavy atom. The third kappa shape index (κ3) is 2.79. The van der Waals surface area contributed by atoms with Gasteiger partial charge in [0.2, 0.25) is 0 Å². The van der Waals surface area contributed by atoms with Crippen LogP contribution in [-0.4, -0.2) is 36.6 Å². The van der Waals surface area contributed by atoms with Crippen molar-refractivity contribution >= 4 is 11.6 Å². The van der Waals surface area contributed by atoms with Crippen LogP contribution in [0.3, 0.4) is 0 Å². The van der Waals surface area contributed by atoms with E-state index >= 15 is 0 Å². The molecule has 1 amide bonds. The van der Waals surface area contributed by atoms with Crippen LogP contribution in [0.25, 0.3) is 0 Å². The highest BCUT2D eigenvalue weighted by molar-refractivity contribution is 5.99. The van der Waals surface area contributed by atoms with Crippen LogP contribution in [0, 0.1) is 0 Å². The lowest BCUT2D eigenvalue weighted by Gasteiger charge is -2.30. The lowest BCUT2D eigenvalue weighted by molar-refractivity contribution is 0.0735. The van der Waals surface area contributed by atoms with E-state index in [-0.39, 0.29) is 5.91 Å². The number of hydrogen-bond donors (Lipinski definition) is 1. The Hall–Kier alpha value is -2.76. The molecule has 0 fully saturated rings. The maximum Gasteiger partial charge on any atom is 0.256 e. The summed E-state index contributed by atoms with van der Waals surface area (Å²) in [5, 5.41) is 0. The van der Waals surface area contributed by atoms with E-state index in [1.807, 2.05) is 12.1 Å². The van der Waals surface area contributed by atoms with Gasteiger partial charge in [-0.05, 0) is 35.7 Å². The molecule has 2 N–H and O–H groups in total. The highest BCUT2D eigenvalue weighted by Crippen LogP contribution is 2.33.